The van der Waals surface area contributed by atoms with E-state index in [9.17, 15) is 0 Å². The molecule has 0 bridgehead atoms. The highest BCUT2D eigenvalue weighted by atomic mass is 16.3. The van der Waals surface area contributed by atoms with E-state index in [1.54, 1.807) is 0 Å². The van der Waals surface area contributed by atoms with Gasteiger partial charge in [-0.25, -0.2) is 0 Å². The second kappa shape index (κ2) is 15.4. The number of nitrogens with zero attached hydrogens (tertiary/aromatic N) is 3. The summed E-state index contributed by atoms with van der Waals surface area (Å²) in [5.41, 5.74) is 13.6. The van der Waals surface area contributed by atoms with Gasteiger partial charge >= 0.3 is 0 Å². The fourth-order valence-electron chi connectivity index (χ4n) is 10.2. The molecule has 0 aliphatic carbocycles. The minimum atomic E-state index is 0.802. The van der Waals surface area contributed by atoms with E-state index in [2.05, 4.69) is 263 Å². The van der Waals surface area contributed by atoms with Crippen LogP contribution in [0.25, 0.3) is 82.1 Å². The summed E-state index contributed by atoms with van der Waals surface area (Å²) in [6.07, 6.45) is 0. The predicted molar refractivity (Wildman–Crippen MR) is 278 cm³/mol. The monoisotopic (exact) mass is 843 g/mol. The predicted octanol–water partition coefficient (Wildman–Crippen LogP) is 17.6. The van der Waals surface area contributed by atoms with E-state index in [0.717, 1.165) is 83.6 Å². The van der Waals surface area contributed by atoms with Crippen LogP contribution in [-0.2, 0) is 0 Å². The first-order valence-corrected chi connectivity index (χ1v) is 22.5. The van der Waals surface area contributed by atoms with Gasteiger partial charge in [-0.2, -0.15) is 0 Å². The Morgan fingerprint density at radius 3 is 1.50 bits per heavy atom. The van der Waals surface area contributed by atoms with E-state index in [0.29, 0.717) is 0 Å². The Bertz CT molecular complexity index is 3940. The maximum atomic E-state index is 7.18. The molecule has 2 heterocycles. The lowest BCUT2D eigenvalue weighted by Crippen LogP contribution is -2.14. The van der Waals surface area contributed by atoms with Crippen LogP contribution in [0.15, 0.2) is 253 Å². The molecule has 310 valence electrons. The first kappa shape index (κ1) is 37.7. The number of aromatic nitrogens is 1. The summed E-state index contributed by atoms with van der Waals surface area (Å²) in [6.45, 7) is 0. The maximum Gasteiger partial charge on any atom is 0.139 e. The number of anilines is 6. The molecule has 2 aromatic heterocycles. The summed E-state index contributed by atoms with van der Waals surface area (Å²) < 4.78 is 9.56. The van der Waals surface area contributed by atoms with Gasteiger partial charge < -0.3 is 18.8 Å². The smallest absolute Gasteiger partial charge is 0.139 e. The SMILES string of the molecule is c1ccc(N(c2cc(N(c3ccccc3)c3cccc4ccccc34)c3c(c2)oc2cc(-c4ccc5c6ccccc6n(-c6ccccc6)c5c4)ccc23)c2cccc3ccccc23)cc1. The highest BCUT2D eigenvalue weighted by Crippen LogP contribution is 2.50. The number of benzene rings is 11. The Morgan fingerprint density at radius 1 is 0.303 bits per heavy atom. The highest BCUT2D eigenvalue weighted by Gasteiger charge is 2.25. The van der Waals surface area contributed by atoms with Crippen molar-refractivity contribution in [2.75, 3.05) is 9.80 Å². The third kappa shape index (κ3) is 6.15. The van der Waals surface area contributed by atoms with E-state index in [4.69, 9.17) is 4.42 Å². The minimum absolute atomic E-state index is 0.802. The van der Waals surface area contributed by atoms with Gasteiger partial charge in [0.2, 0.25) is 0 Å². The lowest BCUT2D eigenvalue weighted by atomic mass is 10.00. The van der Waals surface area contributed by atoms with Crippen molar-refractivity contribution in [1.82, 2.24) is 4.57 Å². The van der Waals surface area contributed by atoms with Crippen LogP contribution in [0, 0.1) is 0 Å². The Kier molecular flexibility index (Phi) is 8.81. The van der Waals surface area contributed by atoms with Crippen molar-refractivity contribution in [3.63, 3.8) is 0 Å². The summed E-state index contributed by atoms with van der Waals surface area (Å²) in [5, 5.41) is 9.24. The summed E-state index contributed by atoms with van der Waals surface area (Å²) in [5.74, 6) is 0. The first-order chi connectivity index (χ1) is 32.7. The van der Waals surface area contributed by atoms with Gasteiger partial charge in [0.25, 0.3) is 0 Å². The summed E-state index contributed by atoms with van der Waals surface area (Å²) in [4.78, 5) is 4.79. The Morgan fingerprint density at radius 2 is 0.818 bits per heavy atom. The van der Waals surface area contributed by atoms with Crippen LogP contribution in [0.4, 0.5) is 34.1 Å². The maximum absolute atomic E-state index is 7.18. The van der Waals surface area contributed by atoms with Crippen molar-refractivity contribution in [3.05, 3.63) is 249 Å². The molecule has 0 fully saturated rings. The number of para-hydroxylation sites is 4. The molecule has 4 nitrogen and oxygen atoms in total. The Hall–Kier alpha value is -8.86. The number of hydrogen-bond acceptors (Lipinski definition) is 3. The van der Waals surface area contributed by atoms with Crippen LogP contribution in [0.5, 0.6) is 0 Å². The molecule has 66 heavy (non-hydrogen) atoms. The normalized spacial score (nSPS) is 11.6. The number of furan rings is 1. The molecule has 13 aromatic rings. The fourth-order valence-corrected chi connectivity index (χ4v) is 10.2. The van der Waals surface area contributed by atoms with Gasteiger partial charge in [-0.05, 0) is 101 Å². The lowest BCUT2D eigenvalue weighted by Gasteiger charge is -2.31. The zero-order valence-corrected chi connectivity index (χ0v) is 35.9. The molecule has 0 N–H and O–H groups in total. The van der Waals surface area contributed by atoms with E-state index in [-0.39, 0.29) is 0 Å². The van der Waals surface area contributed by atoms with Gasteiger partial charge in [0.1, 0.15) is 11.2 Å². The molecule has 0 radical (unpaired) electrons. The topological polar surface area (TPSA) is 24.6 Å². The molecule has 0 unspecified atom stereocenters. The molecular formula is C62H41N3O. The van der Waals surface area contributed by atoms with Crippen molar-refractivity contribution < 1.29 is 4.42 Å². The van der Waals surface area contributed by atoms with Gasteiger partial charge in [0.15, 0.2) is 0 Å². The molecule has 11 aromatic carbocycles. The second-order valence-corrected chi connectivity index (χ2v) is 16.9. The van der Waals surface area contributed by atoms with Gasteiger partial charge in [-0.15, -0.1) is 0 Å². The summed E-state index contributed by atoms with van der Waals surface area (Å²) in [6, 6.07) is 89.3. The van der Waals surface area contributed by atoms with Crippen molar-refractivity contribution in [2.45, 2.75) is 0 Å². The first-order valence-electron chi connectivity index (χ1n) is 22.5. The van der Waals surface area contributed by atoms with Crippen molar-refractivity contribution in [2.24, 2.45) is 0 Å². The van der Waals surface area contributed by atoms with Crippen molar-refractivity contribution in [3.8, 4) is 16.8 Å². The zero-order chi connectivity index (χ0) is 43.6. The van der Waals surface area contributed by atoms with Crippen LogP contribution in [0.2, 0.25) is 0 Å². The molecule has 4 heteroatoms. The fraction of sp³-hybridized carbons (Fsp3) is 0. The third-order valence-corrected chi connectivity index (χ3v) is 13.1. The van der Waals surface area contributed by atoms with Crippen LogP contribution in [0.1, 0.15) is 0 Å². The second-order valence-electron chi connectivity index (χ2n) is 16.9. The quantitative estimate of drug-likeness (QED) is 0.152. The molecular weight excluding hydrogens is 803 g/mol. The lowest BCUT2D eigenvalue weighted by molar-refractivity contribution is 0.669. The average molecular weight is 844 g/mol. The molecule has 0 aliphatic rings. The highest BCUT2D eigenvalue weighted by molar-refractivity contribution is 6.17. The zero-order valence-electron chi connectivity index (χ0n) is 35.9. The van der Waals surface area contributed by atoms with Gasteiger partial charge in [0.05, 0.1) is 39.2 Å². The number of rotatable bonds is 8. The number of hydrogen-bond donors (Lipinski definition) is 0. The standard InChI is InChI=1S/C62H41N3O/c1-4-22-46(23-5-1)63(55-32-16-20-42-18-10-12-28-50(42)55)49-40-59(65(48-26-8-3-9-27-48)56-33-17-21-43-19-11-13-29-51(43)56)62-54-37-35-45(39-60(54)66-61(62)41-49)44-34-36-53-52-30-14-15-31-57(52)64(58(53)38-44)47-24-6-2-7-25-47/h1-41H. The van der Waals surface area contributed by atoms with Gasteiger partial charge in [0, 0.05) is 50.1 Å². The largest absolute Gasteiger partial charge is 0.456 e. The number of fused-ring (bicyclic) bond motifs is 8. The molecule has 0 amide bonds. The van der Waals surface area contributed by atoms with Gasteiger partial charge in [-0.1, -0.05) is 164 Å². The Labute approximate surface area is 382 Å². The van der Waals surface area contributed by atoms with Crippen LogP contribution < -0.4 is 9.80 Å². The average Bonchev–Trinajstić information content (AvgIpc) is 3.92. The minimum Gasteiger partial charge on any atom is -0.456 e. The van der Waals surface area contributed by atoms with Gasteiger partial charge in [-0.3, -0.25) is 0 Å². The molecule has 13 rings (SSSR count). The van der Waals surface area contributed by atoms with E-state index in [1.165, 1.54) is 32.6 Å². The summed E-state index contributed by atoms with van der Waals surface area (Å²) in [7, 11) is 0. The third-order valence-electron chi connectivity index (χ3n) is 13.1. The molecule has 0 saturated carbocycles. The van der Waals surface area contributed by atoms with Crippen LogP contribution in [0.3, 0.4) is 0 Å². The molecule has 0 aliphatic heterocycles. The Balaban J connectivity index is 1.08. The van der Waals surface area contributed by atoms with E-state index < -0.39 is 0 Å². The molecule has 0 saturated heterocycles. The van der Waals surface area contributed by atoms with E-state index >= 15 is 0 Å². The van der Waals surface area contributed by atoms with Crippen molar-refractivity contribution >= 4 is 99.4 Å². The van der Waals surface area contributed by atoms with Crippen LogP contribution >= 0.6 is 0 Å². The van der Waals surface area contributed by atoms with Crippen LogP contribution in [-0.4, -0.2) is 4.57 Å². The molecule has 0 atom stereocenters. The van der Waals surface area contributed by atoms with E-state index in [1.807, 2.05) is 0 Å². The summed E-state index contributed by atoms with van der Waals surface area (Å²) >= 11 is 0. The van der Waals surface area contributed by atoms with Crippen molar-refractivity contribution in [1.29, 1.82) is 0 Å². The molecule has 0 spiro atoms.